The molecule has 2 rings (SSSR count). The van der Waals surface area contributed by atoms with Crippen molar-refractivity contribution in [1.29, 1.82) is 0 Å². The molecule has 0 aliphatic carbocycles. The Hall–Kier alpha value is -1.73. The molecule has 0 saturated carbocycles. The predicted molar refractivity (Wildman–Crippen MR) is 61.2 cm³/mol. The minimum atomic E-state index is -3.75. The van der Waals surface area contributed by atoms with Crippen molar-refractivity contribution in [3.8, 4) is 0 Å². The van der Waals surface area contributed by atoms with E-state index in [0.717, 1.165) is 0 Å². The Morgan fingerprint density at radius 2 is 2.06 bits per heavy atom. The minimum Gasteiger partial charge on any atom is -0.294 e. The largest absolute Gasteiger partial charge is 0.294 e. The summed E-state index contributed by atoms with van der Waals surface area (Å²) in [5, 5.41) is 12.6. The number of rotatable bonds is 3. The van der Waals surface area contributed by atoms with Crippen LogP contribution in [0.4, 0.5) is 5.69 Å². The maximum atomic E-state index is 12.1. The quantitative estimate of drug-likeness (QED) is 0.490. The third kappa shape index (κ3) is 2.06. The van der Waals surface area contributed by atoms with Crippen LogP contribution in [0.2, 0.25) is 0 Å². The van der Waals surface area contributed by atoms with E-state index in [1.165, 1.54) is 30.3 Å². The van der Waals surface area contributed by atoms with E-state index in [1.54, 1.807) is 6.08 Å². The Bertz CT molecular complexity index is 580. The summed E-state index contributed by atoms with van der Waals surface area (Å²) in [5.74, 6) is 0. The molecule has 7 heteroatoms. The maximum absolute atomic E-state index is 12.1. The van der Waals surface area contributed by atoms with Crippen LogP contribution in [0.5, 0.6) is 0 Å². The van der Waals surface area contributed by atoms with Crippen LogP contribution in [-0.4, -0.2) is 25.3 Å². The number of nitrogens with zero attached hydrogens (tertiary/aromatic N) is 1. The van der Waals surface area contributed by atoms with Gasteiger partial charge in [-0.25, -0.2) is 8.42 Å². The van der Waals surface area contributed by atoms with Crippen LogP contribution in [0.3, 0.4) is 0 Å². The summed E-state index contributed by atoms with van der Waals surface area (Å²) in [4.78, 5) is 9.84. The molecule has 90 valence electrons. The molecule has 0 radical (unpaired) electrons. The molecule has 17 heavy (non-hydrogen) atoms. The molecule has 6 nitrogen and oxygen atoms in total. The molecule has 0 aromatic heterocycles. The standard InChI is InChI=1S/C10H10N2O4S/c13-12(14)8-4-1-2-5-9(8)17(15,16)10-6-3-7-11-10/h1-6,10-11H,7H2. The molecule has 1 aromatic carbocycles. The van der Waals surface area contributed by atoms with E-state index in [0.29, 0.717) is 6.54 Å². The first-order valence-electron chi connectivity index (χ1n) is 4.91. The Balaban J connectivity index is 2.53. The Kier molecular flexibility index (Phi) is 2.95. The van der Waals surface area contributed by atoms with Crippen LogP contribution < -0.4 is 5.32 Å². The van der Waals surface area contributed by atoms with Gasteiger partial charge >= 0.3 is 0 Å². The Morgan fingerprint density at radius 1 is 1.35 bits per heavy atom. The first kappa shape index (κ1) is 11.7. The Labute approximate surface area is 98.0 Å². The third-order valence-electron chi connectivity index (χ3n) is 2.45. The summed E-state index contributed by atoms with van der Waals surface area (Å²) in [6.07, 6.45) is 3.17. The zero-order chi connectivity index (χ0) is 12.5. The molecule has 1 unspecified atom stereocenters. The van der Waals surface area contributed by atoms with Crippen molar-refractivity contribution in [2.75, 3.05) is 6.54 Å². The highest BCUT2D eigenvalue weighted by atomic mass is 32.2. The van der Waals surface area contributed by atoms with Gasteiger partial charge < -0.3 is 0 Å². The lowest BCUT2D eigenvalue weighted by Crippen LogP contribution is -2.31. The van der Waals surface area contributed by atoms with Crippen LogP contribution in [0.1, 0.15) is 0 Å². The van der Waals surface area contributed by atoms with E-state index in [2.05, 4.69) is 5.32 Å². The third-order valence-corrected chi connectivity index (χ3v) is 4.40. The molecule has 0 bridgehead atoms. The summed E-state index contributed by atoms with van der Waals surface area (Å²) >= 11 is 0. The summed E-state index contributed by atoms with van der Waals surface area (Å²) < 4.78 is 24.3. The Morgan fingerprint density at radius 3 is 2.65 bits per heavy atom. The van der Waals surface area contributed by atoms with Crippen molar-refractivity contribution < 1.29 is 13.3 Å². The highest BCUT2D eigenvalue weighted by molar-refractivity contribution is 7.92. The number of sulfone groups is 1. The average molecular weight is 254 g/mol. The molecular weight excluding hydrogens is 244 g/mol. The van der Waals surface area contributed by atoms with Crippen molar-refractivity contribution >= 4 is 15.5 Å². The van der Waals surface area contributed by atoms with Gasteiger partial charge in [-0.3, -0.25) is 15.4 Å². The van der Waals surface area contributed by atoms with Crippen LogP contribution >= 0.6 is 0 Å². The number of nitro groups is 1. The number of para-hydroxylation sites is 1. The van der Waals surface area contributed by atoms with E-state index in [9.17, 15) is 18.5 Å². The zero-order valence-electron chi connectivity index (χ0n) is 8.74. The summed E-state index contributed by atoms with van der Waals surface area (Å²) in [5.41, 5.74) is -0.394. The molecule has 0 fully saturated rings. The van der Waals surface area contributed by atoms with Crippen LogP contribution in [0.15, 0.2) is 41.3 Å². The molecule has 0 spiro atoms. The lowest BCUT2D eigenvalue weighted by atomic mass is 10.3. The molecular formula is C10H10N2O4S. The topological polar surface area (TPSA) is 89.3 Å². The molecule has 1 aliphatic rings. The second-order valence-corrected chi connectivity index (χ2v) is 5.56. The van der Waals surface area contributed by atoms with E-state index < -0.39 is 25.8 Å². The molecule has 0 saturated heterocycles. The van der Waals surface area contributed by atoms with Crippen LogP contribution in [-0.2, 0) is 9.84 Å². The van der Waals surface area contributed by atoms with Gasteiger partial charge in [0.1, 0.15) is 10.3 Å². The van der Waals surface area contributed by atoms with Gasteiger partial charge in [0.05, 0.1) is 4.92 Å². The highest BCUT2D eigenvalue weighted by Crippen LogP contribution is 2.26. The van der Waals surface area contributed by atoms with Gasteiger partial charge in [0.15, 0.2) is 0 Å². The fourth-order valence-electron chi connectivity index (χ4n) is 1.64. The molecule has 1 aliphatic heterocycles. The van der Waals surface area contributed by atoms with Crippen LogP contribution in [0.25, 0.3) is 0 Å². The SMILES string of the molecule is O=[N+]([O-])c1ccccc1S(=O)(=O)C1C=CCN1. The second kappa shape index (κ2) is 4.27. The number of benzene rings is 1. The van der Waals surface area contributed by atoms with Gasteiger partial charge in [-0.15, -0.1) is 0 Å². The predicted octanol–water partition coefficient (Wildman–Crippen LogP) is 0.854. The van der Waals surface area contributed by atoms with E-state index in [1.807, 2.05) is 0 Å². The summed E-state index contributed by atoms with van der Waals surface area (Å²) in [7, 11) is -3.75. The van der Waals surface area contributed by atoms with Gasteiger partial charge in [-0.05, 0) is 6.07 Å². The monoisotopic (exact) mass is 254 g/mol. The lowest BCUT2D eigenvalue weighted by Gasteiger charge is -2.10. The average Bonchev–Trinajstić information content (AvgIpc) is 2.83. The molecule has 0 amide bonds. The molecule has 1 N–H and O–H groups in total. The van der Waals surface area contributed by atoms with Gasteiger partial charge in [0.2, 0.25) is 9.84 Å². The molecule has 1 heterocycles. The smallest absolute Gasteiger partial charge is 0.288 e. The van der Waals surface area contributed by atoms with Gasteiger partial charge in [0.25, 0.3) is 5.69 Å². The first-order chi connectivity index (χ1) is 8.03. The van der Waals surface area contributed by atoms with Crippen molar-refractivity contribution in [3.63, 3.8) is 0 Å². The molecule has 1 atom stereocenters. The zero-order valence-corrected chi connectivity index (χ0v) is 9.55. The first-order valence-corrected chi connectivity index (χ1v) is 6.45. The van der Waals surface area contributed by atoms with Gasteiger partial charge in [-0.2, -0.15) is 0 Å². The van der Waals surface area contributed by atoms with E-state index in [-0.39, 0.29) is 4.90 Å². The second-order valence-electron chi connectivity index (χ2n) is 3.53. The normalized spacial score (nSPS) is 19.4. The maximum Gasteiger partial charge on any atom is 0.288 e. The van der Waals surface area contributed by atoms with Crippen molar-refractivity contribution in [1.82, 2.24) is 5.32 Å². The van der Waals surface area contributed by atoms with E-state index in [4.69, 9.17) is 0 Å². The number of hydrogen-bond donors (Lipinski definition) is 1. The van der Waals surface area contributed by atoms with Gasteiger partial charge in [-0.1, -0.05) is 24.3 Å². The van der Waals surface area contributed by atoms with Crippen molar-refractivity contribution in [2.45, 2.75) is 10.3 Å². The minimum absolute atomic E-state index is 0.256. The van der Waals surface area contributed by atoms with E-state index >= 15 is 0 Å². The summed E-state index contributed by atoms with van der Waals surface area (Å²) in [6, 6.07) is 5.35. The van der Waals surface area contributed by atoms with Crippen molar-refractivity contribution in [2.24, 2.45) is 0 Å². The van der Waals surface area contributed by atoms with Crippen molar-refractivity contribution in [3.05, 3.63) is 46.5 Å². The number of hydrogen-bond acceptors (Lipinski definition) is 5. The number of nitro benzene ring substituents is 1. The van der Waals surface area contributed by atoms with Gasteiger partial charge in [0, 0.05) is 12.6 Å². The fraction of sp³-hybridized carbons (Fsp3) is 0.200. The summed E-state index contributed by atoms with van der Waals surface area (Å²) in [6.45, 7) is 0.449. The van der Waals surface area contributed by atoms with Crippen LogP contribution in [0, 0.1) is 10.1 Å². The number of nitrogens with one attached hydrogen (secondary N) is 1. The lowest BCUT2D eigenvalue weighted by molar-refractivity contribution is -0.387. The fourth-order valence-corrected chi connectivity index (χ4v) is 3.25. The highest BCUT2D eigenvalue weighted by Gasteiger charge is 2.32. The molecule has 1 aromatic rings.